The second-order valence-electron chi connectivity index (χ2n) is 5.40. The van der Waals surface area contributed by atoms with Crippen molar-refractivity contribution in [2.24, 2.45) is 0 Å². The van der Waals surface area contributed by atoms with Crippen LogP contribution in [0.5, 0.6) is 0 Å². The highest BCUT2D eigenvalue weighted by Crippen LogP contribution is 2.17. The Kier molecular flexibility index (Phi) is 5.50. The Morgan fingerprint density at radius 2 is 2.15 bits per heavy atom. The highest BCUT2D eigenvalue weighted by Gasteiger charge is 2.20. The van der Waals surface area contributed by atoms with Crippen LogP contribution in [0, 0.1) is 11.6 Å². The van der Waals surface area contributed by atoms with Crippen molar-refractivity contribution in [3.05, 3.63) is 46.7 Å². The number of amides is 1. The van der Waals surface area contributed by atoms with E-state index < -0.39 is 29.6 Å². The minimum Gasteiger partial charge on any atom is -0.451 e. The largest absolute Gasteiger partial charge is 0.451 e. The van der Waals surface area contributed by atoms with Crippen LogP contribution in [-0.4, -0.2) is 38.2 Å². The first-order chi connectivity index (χ1) is 12.9. The fourth-order valence-electron chi connectivity index (χ4n) is 2.05. The average Bonchev–Trinajstić information content (AvgIpc) is 3.29. The molecule has 8 nitrogen and oxygen atoms in total. The lowest BCUT2D eigenvalue weighted by atomic mass is 10.2. The van der Waals surface area contributed by atoms with Crippen LogP contribution >= 0.6 is 11.3 Å². The van der Waals surface area contributed by atoms with Crippen LogP contribution < -0.4 is 5.32 Å². The molecule has 0 unspecified atom stereocenters. The van der Waals surface area contributed by atoms with Gasteiger partial charge in [0.05, 0.1) is 5.69 Å². The molecule has 0 aliphatic rings. The van der Waals surface area contributed by atoms with Crippen molar-refractivity contribution in [1.29, 1.82) is 0 Å². The first kappa shape index (κ1) is 18.6. The number of rotatable bonds is 6. The van der Waals surface area contributed by atoms with Crippen LogP contribution in [0.15, 0.2) is 35.0 Å². The van der Waals surface area contributed by atoms with E-state index in [2.05, 4.69) is 20.7 Å². The summed E-state index contributed by atoms with van der Waals surface area (Å²) in [6.45, 7) is 0.944. The number of hydrogen-bond acceptors (Lipinski definition) is 7. The summed E-state index contributed by atoms with van der Waals surface area (Å²) in [5, 5.41) is 17.5. The van der Waals surface area contributed by atoms with E-state index >= 15 is 0 Å². The van der Waals surface area contributed by atoms with Gasteiger partial charge < -0.3 is 10.1 Å². The molecule has 3 aromatic rings. The van der Waals surface area contributed by atoms with E-state index in [-0.39, 0.29) is 12.2 Å². The van der Waals surface area contributed by atoms with Gasteiger partial charge in [-0.3, -0.25) is 4.79 Å². The summed E-state index contributed by atoms with van der Waals surface area (Å²) in [6.07, 6.45) is -1.24. The number of benzene rings is 1. The summed E-state index contributed by atoms with van der Waals surface area (Å²) in [5.74, 6) is -2.76. The smallest absolute Gasteiger partial charge is 0.330 e. The van der Waals surface area contributed by atoms with Crippen molar-refractivity contribution in [3.8, 4) is 11.4 Å². The minimum atomic E-state index is -1.24. The zero-order valence-electron chi connectivity index (χ0n) is 13.9. The molecule has 0 fully saturated rings. The van der Waals surface area contributed by atoms with Crippen LogP contribution in [0.25, 0.3) is 11.4 Å². The molecule has 1 atom stereocenters. The lowest BCUT2D eigenvalue weighted by molar-refractivity contribution is -0.154. The molecule has 2 aromatic heterocycles. The zero-order valence-corrected chi connectivity index (χ0v) is 14.7. The number of anilines is 1. The van der Waals surface area contributed by atoms with E-state index in [0.29, 0.717) is 5.82 Å². The Morgan fingerprint density at radius 1 is 1.33 bits per heavy atom. The van der Waals surface area contributed by atoms with Gasteiger partial charge in [-0.15, -0.1) is 10.2 Å². The summed E-state index contributed by atoms with van der Waals surface area (Å²) in [5.41, 5.74) is 0.422. The molecule has 2 heterocycles. The monoisotopic (exact) mass is 393 g/mol. The number of nitrogens with one attached hydrogen (secondary N) is 1. The third kappa shape index (κ3) is 4.70. The molecule has 0 aliphatic heterocycles. The highest BCUT2D eigenvalue weighted by molar-refractivity contribution is 7.08. The van der Waals surface area contributed by atoms with Gasteiger partial charge in [0.1, 0.15) is 11.6 Å². The van der Waals surface area contributed by atoms with Crippen LogP contribution in [0.4, 0.5) is 14.5 Å². The molecule has 0 aliphatic carbocycles. The number of ether oxygens (including phenoxy) is 1. The maximum Gasteiger partial charge on any atom is 0.330 e. The molecule has 1 aromatic carbocycles. The fraction of sp³-hybridized carbons (Fsp3) is 0.188. The molecule has 3 rings (SSSR count). The lowest BCUT2D eigenvalue weighted by Gasteiger charge is -2.13. The molecule has 0 bridgehead atoms. The molecule has 0 saturated heterocycles. The fourth-order valence-corrected chi connectivity index (χ4v) is 2.68. The molecule has 1 amide bonds. The normalized spacial score (nSPS) is 11.8. The summed E-state index contributed by atoms with van der Waals surface area (Å²) in [4.78, 5) is 25.0. The number of tetrazole rings is 1. The van der Waals surface area contributed by atoms with Gasteiger partial charge in [0.15, 0.2) is 12.6 Å². The molecule has 1 N–H and O–H groups in total. The van der Waals surface area contributed by atoms with E-state index in [1.807, 2.05) is 16.8 Å². The van der Waals surface area contributed by atoms with E-state index in [4.69, 9.17) is 4.74 Å². The van der Waals surface area contributed by atoms with Crippen molar-refractivity contribution in [2.75, 3.05) is 5.32 Å². The zero-order chi connectivity index (χ0) is 19.4. The Labute approximate surface area is 155 Å². The van der Waals surface area contributed by atoms with Gasteiger partial charge in [-0.25, -0.2) is 13.6 Å². The third-order valence-corrected chi connectivity index (χ3v) is 4.05. The summed E-state index contributed by atoms with van der Waals surface area (Å²) >= 11 is 1.47. The number of thiophene rings is 1. The summed E-state index contributed by atoms with van der Waals surface area (Å²) in [7, 11) is 0. The van der Waals surface area contributed by atoms with Gasteiger partial charge >= 0.3 is 5.97 Å². The number of carbonyl (C=O) groups excluding carboxylic acids is 2. The molecule has 0 radical (unpaired) electrons. The van der Waals surface area contributed by atoms with E-state index in [1.54, 1.807) is 0 Å². The first-order valence-corrected chi connectivity index (χ1v) is 8.62. The number of aromatic nitrogens is 4. The third-order valence-electron chi connectivity index (χ3n) is 3.37. The standard InChI is InChI=1S/C16H13F2N5O3S/c1-9(16(25)19-13-6-11(17)2-3-12(13)18)26-14(24)7-23-21-15(20-22-23)10-4-5-27-8-10/h2-6,8-9H,7H2,1H3,(H,19,25)/t9-/m0/s1. The average molecular weight is 393 g/mol. The Balaban J connectivity index is 1.55. The Hall–Kier alpha value is -3.21. The van der Waals surface area contributed by atoms with Crippen LogP contribution in [0.1, 0.15) is 6.92 Å². The van der Waals surface area contributed by atoms with Crippen molar-refractivity contribution >= 4 is 28.9 Å². The van der Waals surface area contributed by atoms with Crippen LogP contribution in [0.2, 0.25) is 0 Å². The number of esters is 1. The van der Waals surface area contributed by atoms with Crippen molar-refractivity contribution in [1.82, 2.24) is 20.2 Å². The molecule has 11 heteroatoms. The molecule has 0 saturated carbocycles. The lowest BCUT2D eigenvalue weighted by Crippen LogP contribution is -2.31. The summed E-state index contributed by atoms with van der Waals surface area (Å²) in [6, 6.07) is 4.43. The van der Waals surface area contributed by atoms with Crippen molar-refractivity contribution in [2.45, 2.75) is 19.6 Å². The van der Waals surface area contributed by atoms with Gasteiger partial charge in [-0.05, 0) is 35.7 Å². The topological polar surface area (TPSA) is 99.0 Å². The van der Waals surface area contributed by atoms with E-state index in [9.17, 15) is 18.4 Å². The number of nitrogens with zero attached hydrogens (tertiary/aromatic N) is 4. The summed E-state index contributed by atoms with van der Waals surface area (Å²) < 4.78 is 31.6. The van der Waals surface area contributed by atoms with Gasteiger partial charge in [0.25, 0.3) is 5.91 Å². The number of halogens is 2. The van der Waals surface area contributed by atoms with Crippen LogP contribution in [0.3, 0.4) is 0 Å². The Bertz CT molecular complexity index is 961. The quantitative estimate of drug-likeness (QED) is 0.645. The Morgan fingerprint density at radius 3 is 2.89 bits per heavy atom. The van der Waals surface area contributed by atoms with Gasteiger partial charge in [-0.1, -0.05) is 0 Å². The van der Waals surface area contributed by atoms with Gasteiger partial charge in [0, 0.05) is 17.0 Å². The SMILES string of the molecule is C[C@H](OC(=O)Cn1nnc(-c2ccsc2)n1)C(=O)Nc1cc(F)ccc1F. The predicted octanol–water partition coefficient (Wildman–Crippen LogP) is 2.25. The number of hydrogen-bond donors (Lipinski definition) is 1. The minimum absolute atomic E-state index is 0.346. The number of carbonyl (C=O) groups is 2. The van der Waals surface area contributed by atoms with Gasteiger partial charge in [-0.2, -0.15) is 16.1 Å². The van der Waals surface area contributed by atoms with E-state index in [1.165, 1.54) is 18.3 Å². The second-order valence-corrected chi connectivity index (χ2v) is 6.18. The maximum atomic E-state index is 13.5. The van der Waals surface area contributed by atoms with Gasteiger partial charge in [0.2, 0.25) is 5.82 Å². The van der Waals surface area contributed by atoms with Crippen molar-refractivity contribution < 1.29 is 23.1 Å². The molecular formula is C16H13F2N5O3S. The molecule has 0 spiro atoms. The second kappa shape index (κ2) is 7.99. The van der Waals surface area contributed by atoms with Crippen molar-refractivity contribution in [3.63, 3.8) is 0 Å². The predicted molar refractivity (Wildman–Crippen MR) is 91.7 cm³/mol. The highest BCUT2D eigenvalue weighted by atomic mass is 32.1. The molecular weight excluding hydrogens is 380 g/mol. The maximum absolute atomic E-state index is 13.5. The van der Waals surface area contributed by atoms with Crippen LogP contribution in [-0.2, 0) is 20.9 Å². The first-order valence-electron chi connectivity index (χ1n) is 7.68. The molecule has 27 heavy (non-hydrogen) atoms. The van der Waals surface area contributed by atoms with E-state index in [0.717, 1.165) is 28.6 Å². The molecule has 140 valence electrons.